The fraction of sp³-hybridized carbons (Fsp3) is 0.357. The van der Waals surface area contributed by atoms with Gasteiger partial charge in [0.15, 0.2) is 17.3 Å². The maximum atomic E-state index is 12.1. The first-order valence-electron chi connectivity index (χ1n) is 6.00. The lowest BCUT2D eigenvalue weighted by Crippen LogP contribution is -2.11. The predicted molar refractivity (Wildman–Crippen MR) is 65.4 cm³/mol. The normalized spacial score (nSPS) is 18.2. The molecule has 0 unspecified atom stereocenters. The SMILES string of the molecule is COC1=C(c2ccc3c(c2)OCO3)C(=O)CCC1. The molecule has 0 saturated heterocycles. The van der Waals surface area contributed by atoms with Gasteiger partial charge in [-0.05, 0) is 24.1 Å². The highest BCUT2D eigenvalue weighted by Crippen LogP contribution is 2.37. The number of fused-ring (bicyclic) bond motifs is 1. The van der Waals surface area contributed by atoms with E-state index in [9.17, 15) is 4.79 Å². The number of benzene rings is 1. The van der Waals surface area contributed by atoms with Crippen LogP contribution in [0, 0.1) is 0 Å². The summed E-state index contributed by atoms with van der Waals surface area (Å²) in [7, 11) is 1.61. The number of ether oxygens (including phenoxy) is 3. The second-order valence-electron chi connectivity index (χ2n) is 4.35. The van der Waals surface area contributed by atoms with Gasteiger partial charge in [-0.15, -0.1) is 0 Å². The maximum Gasteiger partial charge on any atom is 0.231 e. The number of carbonyl (C=O) groups excluding carboxylic acids is 1. The fourth-order valence-corrected chi connectivity index (χ4v) is 2.39. The minimum Gasteiger partial charge on any atom is -0.500 e. The van der Waals surface area contributed by atoms with Crippen molar-refractivity contribution in [1.29, 1.82) is 0 Å². The summed E-state index contributed by atoms with van der Waals surface area (Å²) in [5.41, 5.74) is 1.53. The van der Waals surface area contributed by atoms with E-state index in [4.69, 9.17) is 14.2 Å². The van der Waals surface area contributed by atoms with Crippen LogP contribution in [0.1, 0.15) is 24.8 Å². The van der Waals surface area contributed by atoms with Crippen LogP contribution < -0.4 is 9.47 Å². The van der Waals surface area contributed by atoms with Crippen LogP contribution >= 0.6 is 0 Å². The number of methoxy groups -OCH3 is 1. The lowest BCUT2D eigenvalue weighted by atomic mass is 9.91. The zero-order valence-electron chi connectivity index (χ0n) is 10.2. The number of allylic oxidation sites excluding steroid dienone is 2. The lowest BCUT2D eigenvalue weighted by Gasteiger charge is -2.18. The van der Waals surface area contributed by atoms with Gasteiger partial charge in [0.05, 0.1) is 12.7 Å². The second kappa shape index (κ2) is 4.37. The summed E-state index contributed by atoms with van der Waals surface area (Å²) in [6, 6.07) is 5.56. The molecular formula is C14H14O4. The zero-order chi connectivity index (χ0) is 12.5. The van der Waals surface area contributed by atoms with Crippen LogP contribution in [0.15, 0.2) is 24.0 Å². The van der Waals surface area contributed by atoms with E-state index in [1.54, 1.807) is 7.11 Å². The third kappa shape index (κ3) is 1.74. The Morgan fingerprint density at radius 2 is 2.00 bits per heavy atom. The Morgan fingerprint density at radius 1 is 1.17 bits per heavy atom. The van der Waals surface area contributed by atoms with E-state index in [0.29, 0.717) is 17.7 Å². The molecule has 4 nitrogen and oxygen atoms in total. The smallest absolute Gasteiger partial charge is 0.231 e. The molecule has 0 spiro atoms. The van der Waals surface area contributed by atoms with Gasteiger partial charge < -0.3 is 14.2 Å². The average molecular weight is 246 g/mol. The van der Waals surface area contributed by atoms with Crippen molar-refractivity contribution in [2.75, 3.05) is 13.9 Å². The van der Waals surface area contributed by atoms with E-state index >= 15 is 0 Å². The Labute approximate surface area is 105 Å². The van der Waals surface area contributed by atoms with Crippen molar-refractivity contribution in [3.05, 3.63) is 29.5 Å². The molecular weight excluding hydrogens is 232 g/mol. The van der Waals surface area contributed by atoms with Crippen molar-refractivity contribution >= 4 is 11.4 Å². The van der Waals surface area contributed by atoms with Crippen LogP contribution in [0.2, 0.25) is 0 Å². The highest BCUT2D eigenvalue weighted by molar-refractivity contribution is 6.22. The number of carbonyl (C=O) groups is 1. The molecule has 1 aliphatic carbocycles. The molecule has 0 fully saturated rings. The van der Waals surface area contributed by atoms with Crippen molar-refractivity contribution in [2.45, 2.75) is 19.3 Å². The molecule has 4 heteroatoms. The molecule has 0 atom stereocenters. The van der Waals surface area contributed by atoms with E-state index in [0.717, 1.165) is 29.9 Å². The Balaban J connectivity index is 2.07. The molecule has 0 amide bonds. The maximum absolute atomic E-state index is 12.1. The van der Waals surface area contributed by atoms with Crippen LogP contribution in [-0.4, -0.2) is 19.7 Å². The van der Waals surface area contributed by atoms with Gasteiger partial charge in [0.1, 0.15) is 5.76 Å². The first kappa shape index (κ1) is 11.1. The van der Waals surface area contributed by atoms with E-state index < -0.39 is 0 Å². The highest BCUT2D eigenvalue weighted by Gasteiger charge is 2.24. The molecule has 1 aliphatic heterocycles. The standard InChI is InChI=1S/C14H14O4/c1-16-12-4-2-3-10(15)14(12)9-5-6-11-13(7-9)18-8-17-11/h5-7H,2-4,8H2,1H3. The number of Topliss-reactive ketones (excluding diaryl/α,β-unsaturated/α-hetero) is 1. The van der Waals surface area contributed by atoms with Gasteiger partial charge in [-0.2, -0.15) is 0 Å². The largest absolute Gasteiger partial charge is 0.500 e. The van der Waals surface area contributed by atoms with Crippen LogP contribution in [0.5, 0.6) is 11.5 Å². The van der Waals surface area contributed by atoms with Crippen molar-refractivity contribution in [3.63, 3.8) is 0 Å². The van der Waals surface area contributed by atoms with Gasteiger partial charge >= 0.3 is 0 Å². The van der Waals surface area contributed by atoms with Gasteiger partial charge in [-0.3, -0.25) is 4.79 Å². The van der Waals surface area contributed by atoms with E-state index in [2.05, 4.69) is 0 Å². The predicted octanol–water partition coefficient (Wildman–Crippen LogP) is 2.53. The Morgan fingerprint density at radius 3 is 2.83 bits per heavy atom. The number of hydrogen-bond acceptors (Lipinski definition) is 4. The molecule has 18 heavy (non-hydrogen) atoms. The summed E-state index contributed by atoms with van der Waals surface area (Å²) < 4.78 is 15.9. The highest BCUT2D eigenvalue weighted by atomic mass is 16.7. The first-order chi connectivity index (χ1) is 8.79. The Hall–Kier alpha value is -1.97. The lowest BCUT2D eigenvalue weighted by molar-refractivity contribution is -0.114. The van der Waals surface area contributed by atoms with Crippen LogP contribution in [-0.2, 0) is 9.53 Å². The molecule has 1 heterocycles. The molecule has 0 aromatic heterocycles. The third-order valence-electron chi connectivity index (χ3n) is 3.27. The molecule has 3 rings (SSSR count). The quantitative estimate of drug-likeness (QED) is 0.804. The minimum absolute atomic E-state index is 0.136. The summed E-state index contributed by atoms with van der Waals surface area (Å²) in [4.78, 5) is 12.1. The Bertz CT molecular complexity index is 531. The summed E-state index contributed by atoms with van der Waals surface area (Å²) >= 11 is 0. The second-order valence-corrected chi connectivity index (χ2v) is 4.35. The number of hydrogen-bond donors (Lipinski definition) is 0. The number of ketones is 1. The summed E-state index contributed by atoms with van der Waals surface area (Å²) in [6.07, 6.45) is 2.25. The fourth-order valence-electron chi connectivity index (χ4n) is 2.39. The van der Waals surface area contributed by atoms with E-state index in [-0.39, 0.29) is 12.6 Å². The third-order valence-corrected chi connectivity index (χ3v) is 3.27. The molecule has 0 saturated carbocycles. The molecule has 1 aromatic carbocycles. The molecule has 1 aromatic rings. The summed E-state index contributed by atoms with van der Waals surface area (Å²) in [5, 5.41) is 0. The van der Waals surface area contributed by atoms with Gasteiger partial charge in [-0.25, -0.2) is 0 Å². The first-order valence-corrected chi connectivity index (χ1v) is 6.00. The molecule has 2 aliphatic rings. The van der Waals surface area contributed by atoms with Crippen LogP contribution in [0.3, 0.4) is 0 Å². The Kier molecular flexibility index (Phi) is 2.70. The van der Waals surface area contributed by atoms with Crippen LogP contribution in [0.4, 0.5) is 0 Å². The molecule has 94 valence electrons. The van der Waals surface area contributed by atoms with Crippen molar-refractivity contribution in [3.8, 4) is 11.5 Å². The van der Waals surface area contributed by atoms with E-state index in [1.165, 1.54) is 0 Å². The summed E-state index contributed by atoms with van der Waals surface area (Å²) in [5.74, 6) is 2.32. The molecule has 0 bridgehead atoms. The van der Waals surface area contributed by atoms with E-state index in [1.807, 2.05) is 18.2 Å². The molecule has 0 N–H and O–H groups in total. The van der Waals surface area contributed by atoms with Gasteiger partial charge in [0, 0.05) is 12.8 Å². The average Bonchev–Trinajstić information content (AvgIpc) is 2.85. The monoisotopic (exact) mass is 246 g/mol. The van der Waals surface area contributed by atoms with Crippen molar-refractivity contribution in [2.24, 2.45) is 0 Å². The van der Waals surface area contributed by atoms with Gasteiger partial charge in [-0.1, -0.05) is 6.07 Å². The van der Waals surface area contributed by atoms with Gasteiger partial charge in [0.25, 0.3) is 0 Å². The van der Waals surface area contributed by atoms with Gasteiger partial charge in [0.2, 0.25) is 6.79 Å². The zero-order valence-corrected chi connectivity index (χ0v) is 10.2. The number of rotatable bonds is 2. The summed E-state index contributed by atoms with van der Waals surface area (Å²) in [6.45, 7) is 0.239. The van der Waals surface area contributed by atoms with Crippen molar-refractivity contribution < 1.29 is 19.0 Å². The van der Waals surface area contributed by atoms with Crippen molar-refractivity contribution in [1.82, 2.24) is 0 Å². The minimum atomic E-state index is 0.136. The molecule has 0 radical (unpaired) electrons. The topological polar surface area (TPSA) is 44.8 Å². The van der Waals surface area contributed by atoms with Crippen LogP contribution in [0.25, 0.3) is 5.57 Å².